The molecule has 4 N–H and O–H groups in total. The quantitative estimate of drug-likeness (QED) is 0.0803. The highest BCUT2D eigenvalue weighted by Gasteiger charge is 2.46. The number of aliphatic hydroxyl groups is 1. The molecule has 0 spiro atoms. The summed E-state index contributed by atoms with van der Waals surface area (Å²) in [4.78, 5) is 65.9. The molecule has 0 aromatic heterocycles. The summed E-state index contributed by atoms with van der Waals surface area (Å²) in [5.41, 5.74) is -0.927. The molecule has 4 aromatic carbocycles. The van der Waals surface area contributed by atoms with Crippen LogP contribution in [-0.4, -0.2) is 83.8 Å². The SMILES string of the molecule is CC[C@@]1(C)Oc2cc(ccc2OCc2ccccc2)[C@@H](O)[C@H](N(C)S(=O)(=O)c2ccccc2[N+](=O)[O-])C(=O)N[C@@H](C(C)C)C(=O)N[C@@H]1C(=O)NCC(=O)OCc1ccccc1. The van der Waals surface area contributed by atoms with Crippen LogP contribution in [-0.2, 0) is 47.2 Å². The number of esters is 1. The Bertz CT molecular complexity index is 2330. The molecule has 1 aliphatic heterocycles. The third-order valence-electron chi connectivity index (χ3n) is 10.3. The van der Waals surface area contributed by atoms with E-state index in [-0.39, 0.29) is 36.7 Å². The number of likely N-dealkylation sites (N-methyl/N-ethyl adjacent to an activating group) is 1. The number of nitro benzene ring substituents is 1. The van der Waals surface area contributed by atoms with Crippen molar-refractivity contribution in [2.75, 3.05) is 13.6 Å². The molecule has 0 saturated heterocycles. The van der Waals surface area contributed by atoms with E-state index in [1.54, 1.807) is 52.0 Å². The molecule has 0 fully saturated rings. The third kappa shape index (κ3) is 10.9. The first-order valence-electron chi connectivity index (χ1n) is 19.4. The van der Waals surface area contributed by atoms with E-state index in [2.05, 4.69) is 16.0 Å². The number of benzene rings is 4. The van der Waals surface area contributed by atoms with Crippen LogP contribution < -0.4 is 25.4 Å². The molecule has 5 atom stereocenters. The van der Waals surface area contributed by atoms with Gasteiger partial charge in [-0.05, 0) is 54.2 Å². The van der Waals surface area contributed by atoms with Gasteiger partial charge in [-0.1, -0.05) is 99.6 Å². The number of carbonyl (C=O) groups is 4. The molecule has 2 bridgehead atoms. The third-order valence-corrected chi connectivity index (χ3v) is 12.2. The van der Waals surface area contributed by atoms with Crippen LogP contribution in [0.3, 0.4) is 0 Å². The topological polar surface area (TPSA) is 233 Å². The van der Waals surface area contributed by atoms with E-state index in [0.717, 1.165) is 30.3 Å². The molecular weight excluding hydrogens is 811 g/mol. The van der Waals surface area contributed by atoms with Crippen LogP contribution in [0.4, 0.5) is 5.69 Å². The molecule has 324 valence electrons. The highest BCUT2D eigenvalue weighted by molar-refractivity contribution is 7.89. The van der Waals surface area contributed by atoms with Crippen molar-refractivity contribution in [3.05, 3.63) is 130 Å². The summed E-state index contributed by atoms with van der Waals surface area (Å²) < 4.78 is 46.9. The fraction of sp³-hybridized carbons (Fsp3) is 0.349. The minimum absolute atomic E-state index is 0.0467. The molecule has 4 aromatic rings. The average Bonchev–Trinajstić information content (AvgIpc) is 3.25. The van der Waals surface area contributed by atoms with Crippen molar-refractivity contribution in [2.24, 2.45) is 5.92 Å². The largest absolute Gasteiger partial charge is 0.485 e. The lowest BCUT2D eigenvalue weighted by atomic mass is 9.91. The Kier molecular flexibility index (Phi) is 14.8. The minimum Gasteiger partial charge on any atom is -0.485 e. The highest BCUT2D eigenvalue weighted by atomic mass is 32.2. The molecule has 1 aliphatic rings. The van der Waals surface area contributed by atoms with Crippen LogP contribution in [0, 0.1) is 16.0 Å². The Morgan fingerprint density at radius 1 is 0.934 bits per heavy atom. The van der Waals surface area contributed by atoms with Gasteiger partial charge in [-0.3, -0.25) is 29.3 Å². The van der Waals surface area contributed by atoms with E-state index in [1.807, 2.05) is 36.4 Å². The summed E-state index contributed by atoms with van der Waals surface area (Å²) in [6.45, 7) is 5.86. The number of hydrogen-bond acceptors (Lipinski definition) is 12. The zero-order valence-electron chi connectivity index (χ0n) is 34.3. The maximum absolute atomic E-state index is 14.4. The Hall–Kier alpha value is -6.37. The van der Waals surface area contributed by atoms with Gasteiger partial charge in [0.15, 0.2) is 16.4 Å². The standard InChI is InChI=1S/C43H49N5O12S/c1-6-43(4)39(42(53)44-24-35(49)59-26-29-17-11-8-12-18-29)46-40(51)36(27(2)3)45-41(52)37(47(5)61(56,57)34-20-14-13-19-31(34)48(54)55)38(50)30-21-22-32(33(23-30)60-43)58-25-28-15-9-7-10-16-28/h7-23,27,36-39,50H,6,24-26H2,1-5H3,(H,44,53)(H,45,52)(H,46,51)/t36-,37-,38+,39+,43+/m0/s1. The molecule has 3 amide bonds. The number of carbonyl (C=O) groups excluding carboxylic acids is 4. The Labute approximate surface area is 353 Å². The van der Waals surface area contributed by atoms with Gasteiger partial charge >= 0.3 is 5.97 Å². The number of fused-ring (bicyclic) bond motifs is 2. The monoisotopic (exact) mass is 859 g/mol. The Balaban J connectivity index is 1.59. The molecule has 0 radical (unpaired) electrons. The number of aliphatic hydroxyl groups excluding tert-OH is 1. The van der Waals surface area contributed by atoms with Crippen molar-refractivity contribution in [1.82, 2.24) is 20.3 Å². The first-order chi connectivity index (χ1) is 29.0. The highest BCUT2D eigenvalue weighted by Crippen LogP contribution is 2.38. The second-order valence-electron chi connectivity index (χ2n) is 14.9. The van der Waals surface area contributed by atoms with Gasteiger partial charge in [0.05, 0.1) is 4.92 Å². The first kappa shape index (κ1) is 45.7. The molecule has 0 unspecified atom stereocenters. The van der Waals surface area contributed by atoms with Crippen LogP contribution >= 0.6 is 0 Å². The van der Waals surface area contributed by atoms with Crippen molar-refractivity contribution in [3.8, 4) is 11.5 Å². The minimum atomic E-state index is -4.90. The number of hydrogen-bond donors (Lipinski definition) is 4. The number of sulfonamides is 1. The number of nitro groups is 1. The summed E-state index contributed by atoms with van der Waals surface area (Å²) in [5, 5.41) is 31.8. The molecule has 5 rings (SSSR count). The van der Waals surface area contributed by atoms with Gasteiger partial charge in [0.25, 0.3) is 5.69 Å². The Morgan fingerprint density at radius 2 is 1.54 bits per heavy atom. The number of rotatable bonds is 14. The van der Waals surface area contributed by atoms with E-state index in [9.17, 15) is 42.8 Å². The molecular formula is C43H49N5O12S. The van der Waals surface area contributed by atoms with Gasteiger partial charge < -0.3 is 35.3 Å². The van der Waals surface area contributed by atoms with Gasteiger partial charge in [0, 0.05) is 13.1 Å². The predicted octanol–water partition coefficient (Wildman–Crippen LogP) is 3.94. The van der Waals surface area contributed by atoms with E-state index in [1.165, 1.54) is 30.3 Å². The van der Waals surface area contributed by atoms with E-state index >= 15 is 0 Å². The predicted molar refractivity (Wildman–Crippen MR) is 221 cm³/mol. The van der Waals surface area contributed by atoms with Gasteiger partial charge in [0.2, 0.25) is 27.7 Å². The second kappa shape index (κ2) is 19.8. The first-order valence-corrected chi connectivity index (χ1v) is 20.9. The number of nitrogens with one attached hydrogen (secondary N) is 3. The molecule has 17 nitrogen and oxygen atoms in total. The summed E-state index contributed by atoms with van der Waals surface area (Å²) in [6.07, 6.45) is -1.91. The van der Waals surface area contributed by atoms with E-state index < -0.39 is 91.5 Å². The smallest absolute Gasteiger partial charge is 0.325 e. The van der Waals surface area contributed by atoms with Gasteiger partial charge in [0.1, 0.15) is 49.6 Å². The summed E-state index contributed by atoms with van der Waals surface area (Å²) in [7, 11) is -3.91. The summed E-state index contributed by atoms with van der Waals surface area (Å²) >= 11 is 0. The van der Waals surface area contributed by atoms with Crippen molar-refractivity contribution < 1.29 is 51.8 Å². The van der Waals surface area contributed by atoms with Crippen LogP contribution in [0.2, 0.25) is 0 Å². The summed E-state index contributed by atoms with van der Waals surface area (Å²) in [6, 6.07) is 21.7. The fourth-order valence-electron chi connectivity index (χ4n) is 6.60. The van der Waals surface area contributed by atoms with Crippen LogP contribution in [0.25, 0.3) is 0 Å². The molecule has 18 heteroatoms. The van der Waals surface area contributed by atoms with Crippen molar-refractivity contribution in [1.29, 1.82) is 0 Å². The lowest BCUT2D eigenvalue weighted by Crippen LogP contribution is -2.65. The molecule has 0 aliphatic carbocycles. The second-order valence-corrected chi connectivity index (χ2v) is 16.9. The van der Waals surface area contributed by atoms with Crippen molar-refractivity contribution in [3.63, 3.8) is 0 Å². The maximum atomic E-state index is 14.4. The van der Waals surface area contributed by atoms with Crippen LogP contribution in [0.15, 0.2) is 108 Å². The Morgan fingerprint density at radius 3 is 2.15 bits per heavy atom. The summed E-state index contributed by atoms with van der Waals surface area (Å²) in [5.74, 6) is -4.26. The molecule has 1 heterocycles. The van der Waals surface area contributed by atoms with E-state index in [0.29, 0.717) is 4.31 Å². The number of ether oxygens (including phenoxy) is 3. The normalized spacial score (nSPS) is 20.8. The van der Waals surface area contributed by atoms with Gasteiger partial charge in [-0.2, -0.15) is 4.31 Å². The van der Waals surface area contributed by atoms with Crippen molar-refractivity contribution in [2.45, 2.75) is 82.1 Å². The number of para-hydroxylation sites is 1. The fourth-order valence-corrected chi connectivity index (χ4v) is 8.08. The van der Waals surface area contributed by atoms with Gasteiger partial charge in [-0.25, -0.2) is 8.42 Å². The zero-order chi connectivity index (χ0) is 44.5. The zero-order valence-corrected chi connectivity index (χ0v) is 35.1. The van der Waals surface area contributed by atoms with Gasteiger partial charge in [-0.15, -0.1) is 0 Å². The lowest BCUT2D eigenvalue weighted by Gasteiger charge is -2.38. The van der Waals surface area contributed by atoms with E-state index in [4.69, 9.17) is 14.2 Å². The molecule has 0 saturated carbocycles. The number of amides is 3. The number of nitrogens with zero attached hydrogens (tertiary/aromatic N) is 2. The maximum Gasteiger partial charge on any atom is 0.325 e. The van der Waals surface area contributed by atoms with Crippen LogP contribution in [0.5, 0.6) is 11.5 Å². The van der Waals surface area contributed by atoms with Crippen molar-refractivity contribution >= 4 is 39.4 Å². The molecule has 61 heavy (non-hydrogen) atoms. The lowest BCUT2D eigenvalue weighted by molar-refractivity contribution is -0.387. The average molecular weight is 860 g/mol. The van der Waals surface area contributed by atoms with Crippen LogP contribution in [0.1, 0.15) is 56.9 Å².